The molecule has 1 saturated heterocycles. The number of fused-ring (bicyclic) bond motifs is 1. The summed E-state index contributed by atoms with van der Waals surface area (Å²) in [7, 11) is 1.95. The van der Waals surface area contributed by atoms with Gasteiger partial charge in [0.05, 0.1) is 16.9 Å². The molecule has 0 spiro atoms. The number of amides is 2. The van der Waals surface area contributed by atoms with Gasteiger partial charge in [-0.15, -0.1) is 0 Å². The molecule has 40 heavy (non-hydrogen) atoms. The Kier molecular flexibility index (Phi) is 7.55. The molecule has 8 heteroatoms. The molecule has 0 radical (unpaired) electrons. The maximum absolute atomic E-state index is 13.7. The number of para-hydroxylation sites is 1. The molecule has 1 aliphatic heterocycles. The Morgan fingerprint density at radius 2 is 1.68 bits per heavy atom. The molecule has 4 aromatic rings. The lowest BCUT2D eigenvalue weighted by Gasteiger charge is -2.34. The van der Waals surface area contributed by atoms with E-state index in [0.29, 0.717) is 17.9 Å². The van der Waals surface area contributed by atoms with Crippen LogP contribution in [-0.4, -0.2) is 62.1 Å². The molecule has 2 aromatic carbocycles. The van der Waals surface area contributed by atoms with E-state index in [1.807, 2.05) is 64.5 Å². The lowest BCUT2D eigenvalue weighted by Crippen LogP contribution is -2.48. The molecule has 0 atom stereocenters. The summed E-state index contributed by atoms with van der Waals surface area (Å²) in [4.78, 5) is 30.1. The highest BCUT2D eigenvalue weighted by Crippen LogP contribution is 2.28. The first kappa shape index (κ1) is 27.6. The van der Waals surface area contributed by atoms with Crippen LogP contribution in [0.1, 0.15) is 61.4 Å². The van der Waals surface area contributed by atoms with Crippen LogP contribution in [0.2, 0.25) is 0 Å². The van der Waals surface area contributed by atoms with Gasteiger partial charge in [0, 0.05) is 63.1 Å². The van der Waals surface area contributed by atoms with Gasteiger partial charge in [0.15, 0.2) is 0 Å². The van der Waals surface area contributed by atoms with Gasteiger partial charge in [-0.2, -0.15) is 5.10 Å². The number of anilines is 1. The molecule has 5 rings (SSSR count). The van der Waals surface area contributed by atoms with Crippen LogP contribution in [0.5, 0.6) is 0 Å². The van der Waals surface area contributed by atoms with Crippen molar-refractivity contribution in [3.05, 3.63) is 77.1 Å². The van der Waals surface area contributed by atoms with E-state index in [-0.39, 0.29) is 17.2 Å². The fourth-order valence-electron chi connectivity index (χ4n) is 5.37. The van der Waals surface area contributed by atoms with Crippen LogP contribution in [0.25, 0.3) is 16.6 Å². The first-order valence-corrected chi connectivity index (χ1v) is 14.1. The number of hydrogen-bond acceptors (Lipinski definition) is 4. The average molecular weight is 541 g/mol. The maximum atomic E-state index is 13.7. The summed E-state index contributed by atoms with van der Waals surface area (Å²) < 4.78 is 3.81. The van der Waals surface area contributed by atoms with Gasteiger partial charge < -0.3 is 14.8 Å². The van der Waals surface area contributed by atoms with Crippen molar-refractivity contribution < 1.29 is 9.59 Å². The molecule has 210 valence electrons. The van der Waals surface area contributed by atoms with E-state index in [1.165, 1.54) is 11.1 Å². The van der Waals surface area contributed by atoms with Crippen LogP contribution in [0.3, 0.4) is 0 Å². The molecule has 0 saturated carbocycles. The monoisotopic (exact) mass is 540 g/mol. The highest BCUT2D eigenvalue weighted by Gasteiger charge is 2.24. The molecular weight excluding hydrogens is 500 g/mol. The van der Waals surface area contributed by atoms with Gasteiger partial charge >= 0.3 is 0 Å². The molecule has 0 bridgehead atoms. The van der Waals surface area contributed by atoms with E-state index >= 15 is 0 Å². The largest absolute Gasteiger partial charge is 0.340 e. The summed E-state index contributed by atoms with van der Waals surface area (Å²) in [5, 5.41) is 9.04. The van der Waals surface area contributed by atoms with E-state index < -0.39 is 0 Å². The molecule has 3 heterocycles. The standard InChI is InChI=1S/C32H40N6O2/c1-7-29(39)37-17-15-36(16-18-37)21-24-10-8-9-23-19-26(35(6)30(23)24)31(40)33-28-20-27(32(3,4)5)34-38(28)25-13-11-22(2)12-14-25/h8-14,19-20H,7,15-18,21H2,1-6H3,(H,33,40). The fraction of sp³-hybridized carbons (Fsp3) is 0.406. The van der Waals surface area contributed by atoms with Crippen LogP contribution in [0.15, 0.2) is 54.6 Å². The van der Waals surface area contributed by atoms with E-state index in [1.54, 1.807) is 0 Å². The van der Waals surface area contributed by atoms with E-state index in [4.69, 9.17) is 5.10 Å². The zero-order chi connectivity index (χ0) is 28.6. The van der Waals surface area contributed by atoms with Crippen molar-refractivity contribution >= 4 is 28.5 Å². The number of aryl methyl sites for hydroxylation is 2. The van der Waals surface area contributed by atoms with Crippen molar-refractivity contribution in [3.8, 4) is 5.69 Å². The first-order valence-electron chi connectivity index (χ1n) is 14.1. The van der Waals surface area contributed by atoms with E-state index in [9.17, 15) is 9.59 Å². The van der Waals surface area contributed by atoms with Crippen LogP contribution in [0.4, 0.5) is 5.82 Å². The van der Waals surface area contributed by atoms with Gasteiger partial charge in [-0.3, -0.25) is 14.5 Å². The number of nitrogens with one attached hydrogen (secondary N) is 1. The van der Waals surface area contributed by atoms with Gasteiger partial charge in [-0.25, -0.2) is 4.68 Å². The molecule has 1 N–H and O–H groups in total. The SMILES string of the molecule is CCC(=O)N1CCN(Cc2cccc3cc(C(=O)Nc4cc(C(C)(C)C)nn4-c4ccc(C)cc4)n(C)c23)CC1. The Morgan fingerprint density at radius 1 is 0.975 bits per heavy atom. The van der Waals surface area contributed by atoms with Gasteiger partial charge in [0.2, 0.25) is 5.91 Å². The third kappa shape index (κ3) is 5.54. The van der Waals surface area contributed by atoms with Gasteiger partial charge in [0.1, 0.15) is 11.5 Å². The minimum atomic E-state index is -0.176. The van der Waals surface area contributed by atoms with Crippen molar-refractivity contribution in [2.75, 3.05) is 31.5 Å². The maximum Gasteiger partial charge on any atom is 0.273 e. The number of piperazine rings is 1. The number of hydrogen-bond donors (Lipinski definition) is 1. The molecule has 0 unspecified atom stereocenters. The zero-order valence-corrected chi connectivity index (χ0v) is 24.5. The highest BCUT2D eigenvalue weighted by molar-refractivity contribution is 6.06. The molecule has 1 aliphatic rings. The molecule has 2 aromatic heterocycles. The summed E-state index contributed by atoms with van der Waals surface area (Å²) in [6.07, 6.45) is 0.552. The Hall–Kier alpha value is -3.91. The second-order valence-corrected chi connectivity index (χ2v) is 11.8. The Morgan fingerprint density at radius 3 is 2.33 bits per heavy atom. The van der Waals surface area contributed by atoms with Gasteiger partial charge in [-0.05, 0) is 30.7 Å². The number of carbonyl (C=O) groups excluding carboxylic acids is 2. The lowest BCUT2D eigenvalue weighted by atomic mass is 9.92. The quantitative estimate of drug-likeness (QED) is 0.361. The molecule has 8 nitrogen and oxygen atoms in total. The van der Waals surface area contributed by atoms with Crippen molar-refractivity contribution in [2.45, 2.75) is 53.0 Å². The predicted molar refractivity (Wildman–Crippen MR) is 160 cm³/mol. The van der Waals surface area contributed by atoms with Crippen molar-refractivity contribution in [2.24, 2.45) is 7.05 Å². The Labute approximate surface area is 236 Å². The third-order valence-electron chi connectivity index (χ3n) is 7.79. The van der Waals surface area contributed by atoms with Crippen molar-refractivity contribution in [1.82, 2.24) is 24.1 Å². The Bertz CT molecular complexity index is 1530. The number of nitrogens with zero attached hydrogens (tertiary/aromatic N) is 5. The van der Waals surface area contributed by atoms with Crippen molar-refractivity contribution in [3.63, 3.8) is 0 Å². The van der Waals surface area contributed by atoms with Crippen LogP contribution >= 0.6 is 0 Å². The van der Waals surface area contributed by atoms with Gasteiger partial charge in [0.25, 0.3) is 5.91 Å². The average Bonchev–Trinajstić information content (AvgIpc) is 3.51. The molecule has 1 fully saturated rings. The topological polar surface area (TPSA) is 75.4 Å². The van der Waals surface area contributed by atoms with E-state index in [2.05, 4.69) is 56.1 Å². The summed E-state index contributed by atoms with van der Waals surface area (Å²) in [6.45, 7) is 14.3. The number of benzene rings is 2. The molecule has 0 aliphatic carbocycles. The second-order valence-electron chi connectivity index (χ2n) is 11.8. The smallest absolute Gasteiger partial charge is 0.273 e. The number of aromatic nitrogens is 3. The molecular formula is C32H40N6O2. The van der Waals surface area contributed by atoms with Crippen LogP contribution in [-0.2, 0) is 23.8 Å². The minimum Gasteiger partial charge on any atom is -0.340 e. The summed E-state index contributed by atoms with van der Waals surface area (Å²) in [5.41, 5.74) is 5.63. The minimum absolute atomic E-state index is 0.167. The fourth-order valence-corrected chi connectivity index (χ4v) is 5.37. The number of rotatable bonds is 6. The van der Waals surface area contributed by atoms with Gasteiger partial charge in [-0.1, -0.05) is 63.6 Å². The highest BCUT2D eigenvalue weighted by atomic mass is 16.2. The second kappa shape index (κ2) is 10.9. The van der Waals surface area contributed by atoms with Crippen LogP contribution < -0.4 is 5.32 Å². The predicted octanol–water partition coefficient (Wildman–Crippen LogP) is 5.28. The van der Waals surface area contributed by atoms with Crippen molar-refractivity contribution in [1.29, 1.82) is 0 Å². The normalized spacial score (nSPS) is 14.6. The third-order valence-corrected chi connectivity index (χ3v) is 7.79. The Balaban J connectivity index is 1.41. The first-order chi connectivity index (χ1) is 19.0. The summed E-state index contributed by atoms with van der Waals surface area (Å²) in [6, 6.07) is 18.3. The zero-order valence-electron chi connectivity index (χ0n) is 24.5. The number of carbonyl (C=O) groups is 2. The summed E-state index contributed by atoms with van der Waals surface area (Å²) >= 11 is 0. The van der Waals surface area contributed by atoms with Crippen LogP contribution in [0, 0.1) is 6.92 Å². The lowest BCUT2D eigenvalue weighted by molar-refractivity contribution is -0.132. The van der Waals surface area contributed by atoms with E-state index in [0.717, 1.165) is 55.0 Å². The summed E-state index contributed by atoms with van der Waals surface area (Å²) in [5.74, 6) is 0.687. The molecule has 2 amide bonds.